The van der Waals surface area contributed by atoms with Crippen molar-refractivity contribution in [3.63, 3.8) is 0 Å². The molecule has 0 saturated carbocycles. The minimum atomic E-state index is -0.439. The highest BCUT2D eigenvalue weighted by Gasteiger charge is 2.30. The first-order valence-corrected chi connectivity index (χ1v) is 20.6. The average molecular weight is 765 g/mol. The molecule has 0 amide bonds. The summed E-state index contributed by atoms with van der Waals surface area (Å²) in [6.07, 6.45) is 4.09. The SMILES string of the molecule is CC(C)OCCC(C)(C)OCC(COC(C)(C)CCOC(C)C)OCCC(C)(C)OCCC(C)(C)OC(COC(C)C)COC(C)(C)CCOC(C)C. The van der Waals surface area contributed by atoms with Gasteiger partial charge < -0.3 is 47.4 Å². The lowest BCUT2D eigenvalue weighted by Crippen LogP contribution is -2.40. The van der Waals surface area contributed by atoms with E-state index in [4.69, 9.17) is 47.4 Å². The van der Waals surface area contributed by atoms with Gasteiger partial charge in [0, 0.05) is 26.4 Å². The maximum atomic E-state index is 6.61. The third kappa shape index (κ3) is 31.4. The van der Waals surface area contributed by atoms with Gasteiger partial charge in [-0.1, -0.05) is 0 Å². The molecule has 0 aromatic rings. The van der Waals surface area contributed by atoms with Crippen molar-refractivity contribution in [2.75, 3.05) is 59.5 Å². The van der Waals surface area contributed by atoms with Crippen molar-refractivity contribution >= 4 is 0 Å². The molecule has 0 bridgehead atoms. The molecule has 0 saturated heterocycles. The molecule has 0 aromatic heterocycles. The lowest BCUT2D eigenvalue weighted by molar-refractivity contribution is -0.166. The summed E-state index contributed by atoms with van der Waals surface area (Å²) in [7, 11) is 0. The Balaban J connectivity index is 5.19. The summed E-state index contributed by atoms with van der Waals surface area (Å²) in [5.41, 5.74) is -1.86. The van der Waals surface area contributed by atoms with E-state index in [1.54, 1.807) is 0 Å². The highest BCUT2D eigenvalue weighted by molar-refractivity contribution is 4.77. The van der Waals surface area contributed by atoms with E-state index in [1.165, 1.54) is 0 Å². The fraction of sp³-hybridized carbons (Fsp3) is 1.00. The molecule has 0 aliphatic rings. The summed E-state index contributed by atoms with van der Waals surface area (Å²) >= 11 is 0. The fourth-order valence-corrected chi connectivity index (χ4v) is 4.98. The summed E-state index contributed by atoms with van der Waals surface area (Å²) in [6.45, 7) is 42.2. The van der Waals surface area contributed by atoms with Gasteiger partial charge in [0.05, 0.1) is 85.5 Å². The van der Waals surface area contributed by atoms with Crippen molar-refractivity contribution in [3.05, 3.63) is 0 Å². The smallest absolute Gasteiger partial charge is 0.105 e. The summed E-state index contributed by atoms with van der Waals surface area (Å²) in [5.74, 6) is 0. The molecule has 1 unspecified atom stereocenters. The molecule has 0 fully saturated rings. The Kier molecular flexibility index (Phi) is 25.6. The molecule has 320 valence electrons. The van der Waals surface area contributed by atoms with Crippen LogP contribution in [0.15, 0.2) is 0 Å². The number of ether oxygens (including phenoxy) is 10. The molecule has 0 rings (SSSR count). The summed E-state index contributed by atoms with van der Waals surface area (Å²) in [4.78, 5) is 0. The van der Waals surface area contributed by atoms with Crippen molar-refractivity contribution in [1.29, 1.82) is 0 Å². The molecule has 0 N–H and O–H groups in total. The van der Waals surface area contributed by atoms with Gasteiger partial charge in [-0.3, -0.25) is 0 Å². The maximum absolute atomic E-state index is 6.61. The van der Waals surface area contributed by atoms with Crippen LogP contribution in [0.1, 0.15) is 157 Å². The first kappa shape index (κ1) is 52.6. The van der Waals surface area contributed by atoms with Crippen LogP contribution in [-0.4, -0.2) is 124 Å². The van der Waals surface area contributed by atoms with Crippen LogP contribution in [0.4, 0.5) is 0 Å². The number of hydrogen-bond acceptors (Lipinski definition) is 10. The molecule has 53 heavy (non-hydrogen) atoms. The number of rotatable bonds is 34. The fourth-order valence-electron chi connectivity index (χ4n) is 4.98. The zero-order valence-corrected chi connectivity index (χ0v) is 37.9. The second-order valence-electron chi connectivity index (χ2n) is 18.7. The Morgan fingerprint density at radius 3 is 0.962 bits per heavy atom. The molecule has 0 radical (unpaired) electrons. The van der Waals surface area contributed by atoms with Gasteiger partial charge in [-0.2, -0.15) is 0 Å². The Hall–Kier alpha value is -0.400. The largest absolute Gasteiger partial charge is 0.379 e. The second kappa shape index (κ2) is 25.8. The van der Waals surface area contributed by atoms with Gasteiger partial charge >= 0.3 is 0 Å². The summed E-state index contributed by atoms with van der Waals surface area (Å²) in [5, 5.41) is 0. The van der Waals surface area contributed by atoms with Crippen LogP contribution in [0.3, 0.4) is 0 Å². The van der Waals surface area contributed by atoms with Crippen LogP contribution in [-0.2, 0) is 47.4 Å². The molecule has 10 heteroatoms. The molecule has 0 spiro atoms. The maximum Gasteiger partial charge on any atom is 0.105 e. The molecule has 0 heterocycles. The molecule has 0 aromatic carbocycles. The van der Waals surface area contributed by atoms with E-state index in [9.17, 15) is 0 Å². The molecule has 0 aliphatic carbocycles. The number of hydrogen-bond donors (Lipinski definition) is 0. The summed E-state index contributed by atoms with van der Waals surface area (Å²) < 4.78 is 61.9. The van der Waals surface area contributed by atoms with Crippen molar-refractivity contribution in [2.24, 2.45) is 0 Å². The molecule has 0 aliphatic heterocycles. The van der Waals surface area contributed by atoms with Crippen molar-refractivity contribution < 1.29 is 47.4 Å². The van der Waals surface area contributed by atoms with Gasteiger partial charge in [0.1, 0.15) is 12.2 Å². The normalized spacial score (nSPS) is 14.5. The Morgan fingerprint density at radius 2 is 0.604 bits per heavy atom. The monoisotopic (exact) mass is 765 g/mol. The second-order valence-corrected chi connectivity index (χ2v) is 18.7. The molecular weight excluding hydrogens is 676 g/mol. The van der Waals surface area contributed by atoms with Crippen LogP contribution >= 0.6 is 0 Å². The minimum absolute atomic E-state index is 0.104. The zero-order chi connectivity index (χ0) is 40.9. The Morgan fingerprint density at radius 1 is 0.302 bits per heavy atom. The van der Waals surface area contributed by atoms with E-state index in [2.05, 4.69) is 69.2 Å². The van der Waals surface area contributed by atoms with Crippen LogP contribution in [0.25, 0.3) is 0 Å². The third-order valence-electron chi connectivity index (χ3n) is 8.80. The minimum Gasteiger partial charge on any atom is -0.379 e. The van der Waals surface area contributed by atoms with Crippen LogP contribution in [0, 0.1) is 0 Å². The standard InChI is InChI=1S/C43H88O10/c1-33(2)44-24-19-40(11,12)50-30-37(31-51-41(13,14)20-25-45-34(3)4)47-27-22-39(9,10)49-28-23-43(17,18)53-38(29-48-36(7)8)32-52-42(15,16)21-26-46-35(5)6/h33-38H,19-32H2,1-18H3. The lowest BCUT2D eigenvalue weighted by atomic mass is 10.0. The van der Waals surface area contributed by atoms with Crippen molar-refractivity contribution in [2.45, 2.75) is 221 Å². The lowest BCUT2D eigenvalue weighted by Gasteiger charge is -2.35. The predicted octanol–water partition coefficient (Wildman–Crippen LogP) is 9.37. The summed E-state index contributed by atoms with van der Waals surface area (Å²) in [6, 6.07) is 0. The van der Waals surface area contributed by atoms with Crippen molar-refractivity contribution in [3.8, 4) is 0 Å². The highest BCUT2D eigenvalue weighted by Crippen LogP contribution is 2.24. The van der Waals surface area contributed by atoms with Gasteiger partial charge in [-0.15, -0.1) is 0 Å². The van der Waals surface area contributed by atoms with E-state index < -0.39 is 11.2 Å². The van der Waals surface area contributed by atoms with Crippen LogP contribution in [0.5, 0.6) is 0 Å². The highest BCUT2D eigenvalue weighted by atomic mass is 16.6. The average Bonchev–Trinajstić information content (AvgIpc) is 2.98. The van der Waals surface area contributed by atoms with E-state index >= 15 is 0 Å². The van der Waals surface area contributed by atoms with Gasteiger partial charge in [-0.25, -0.2) is 0 Å². The first-order chi connectivity index (χ1) is 24.2. The van der Waals surface area contributed by atoms with Gasteiger partial charge in [0.15, 0.2) is 0 Å². The zero-order valence-electron chi connectivity index (χ0n) is 37.9. The van der Waals surface area contributed by atoms with Crippen LogP contribution in [0.2, 0.25) is 0 Å². The first-order valence-electron chi connectivity index (χ1n) is 20.6. The quantitative estimate of drug-likeness (QED) is 0.0631. The van der Waals surface area contributed by atoms with Gasteiger partial charge in [0.25, 0.3) is 0 Å². The van der Waals surface area contributed by atoms with Gasteiger partial charge in [-0.05, 0) is 157 Å². The topological polar surface area (TPSA) is 92.3 Å². The Labute approximate surface area is 327 Å². The van der Waals surface area contributed by atoms with E-state index in [0.29, 0.717) is 59.5 Å². The van der Waals surface area contributed by atoms with Gasteiger partial charge in [0.2, 0.25) is 0 Å². The molecule has 1 atom stereocenters. The molecular formula is C43H88O10. The molecule has 10 nitrogen and oxygen atoms in total. The third-order valence-corrected chi connectivity index (χ3v) is 8.80. The van der Waals surface area contributed by atoms with Crippen LogP contribution < -0.4 is 0 Å². The van der Waals surface area contributed by atoms with E-state index in [1.807, 2.05) is 55.4 Å². The Bertz CT molecular complexity index is 868. The predicted molar refractivity (Wildman–Crippen MR) is 216 cm³/mol. The van der Waals surface area contributed by atoms with E-state index in [-0.39, 0.29) is 53.4 Å². The van der Waals surface area contributed by atoms with Crippen molar-refractivity contribution in [1.82, 2.24) is 0 Å². The van der Waals surface area contributed by atoms with E-state index in [0.717, 1.165) is 32.1 Å².